The van der Waals surface area contributed by atoms with Crippen molar-refractivity contribution in [2.45, 2.75) is 39.8 Å². The number of nitrogens with one attached hydrogen (secondary N) is 2. The lowest BCUT2D eigenvalue weighted by Gasteiger charge is -2.29. The molecular weight excluding hydrogens is 228 g/mol. The zero-order valence-electron chi connectivity index (χ0n) is 12.0. The molecule has 2 rings (SSSR count). The SMILES string of the molecule is CC[NH+]1CC[NH+](Cc2nnnn2C(C)(C)C)CC1. The van der Waals surface area contributed by atoms with Crippen molar-refractivity contribution >= 4 is 0 Å². The summed E-state index contributed by atoms with van der Waals surface area (Å²) >= 11 is 0. The highest BCUT2D eigenvalue weighted by Gasteiger charge is 2.26. The van der Waals surface area contributed by atoms with Crippen LogP contribution in [0.3, 0.4) is 0 Å². The normalized spacial score (nSPS) is 25.3. The van der Waals surface area contributed by atoms with E-state index in [-0.39, 0.29) is 5.54 Å². The van der Waals surface area contributed by atoms with Gasteiger partial charge in [-0.2, -0.15) is 0 Å². The van der Waals surface area contributed by atoms with Crippen LogP contribution < -0.4 is 9.80 Å². The van der Waals surface area contributed by atoms with E-state index in [2.05, 4.69) is 43.2 Å². The van der Waals surface area contributed by atoms with Gasteiger partial charge in [0.25, 0.3) is 0 Å². The van der Waals surface area contributed by atoms with E-state index in [0.717, 1.165) is 12.4 Å². The molecule has 6 heteroatoms. The Bertz CT molecular complexity index is 372. The third-order valence-corrected chi connectivity index (χ3v) is 3.74. The highest BCUT2D eigenvalue weighted by molar-refractivity contribution is 4.84. The lowest BCUT2D eigenvalue weighted by atomic mass is 10.1. The van der Waals surface area contributed by atoms with Gasteiger partial charge in [-0.3, -0.25) is 0 Å². The van der Waals surface area contributed by atoms with Gasteiger partial charge in [-0.05, 0) is 38.1 Å². The lowest BCUT2D eigenvalue weighted by molar-refractivity contribution is -1.02. The molecule has 2 N–H and O–H groups in total. The van der Waals surface area contributed by atoms with Gasteiger partial charge in [0.1, 0.15) is 32.7 Å². The van der Waals surface area contributed by atoms with Crippen LogP contribution in [0.1, 0.15) is 33.5 Å². The summed E-state index contributed by atoms with van der Waals surface area (Å²) in [6.45, 7) is 15.9. The first-order valence-electron chi connectivity index (χ1n) is 6.95. The molecule has 1 aliphatic rings. The zero-order chi connectivity index (χ0) is 13.2. The van der Waals surface area contributed by atoms with Gasteiger partial charge in [0.2, 0.25) is 5.82 Å². The number of nitrogens with zero attached hydrogens (tertiary/aromatic N) is 4. The summed E-state index contributed by atoms with van der Waals surface area (Å²) in [5.41, 5.74) is -0.0330. The van der Waals surface area contributed by atoms with E-state index in [0.29, 0.717) is 0 Å². The van der Waals surface area contributed by atoms with Crippen LogP contribution in [0.2, 0.25) is 0 Å². The van der Waals surface area contributed by atoms with Gasteiger partial charge in [0.05, 0.1) is 12.1 Å². The van der Waals surface area contributed by atoms with Crippen LogP contribution in [0, 0.1) is 0 Å². The number of tetrazole rings is 1. The second kappa shape index (κ2) is 5.32. The maximum Gasteiger partial charge on any atom is 0.206 e. The first-order valence-corrected chi connectivity index (χ1v) is 6.95. The Morgan fingerprint density at radius 1 is 1.11 bits per heavy atom. The summed E-state index contributed by atoms with van der Waals surface area (Å²) in [5.74, 6) is 1.01. The van der Waals surface area contributed by atoms with Crippen LogP contribution in [0.25, 0.3) is 0 Å². The Kier molecular flexibility index (Phi) is 3.97. The Morgan fingerprint density at radius 2 is 1.72 bits per heavy atom. The molecule has 0 aliphatic carbocycles. The topological polar surface area (TPSA) is 52.5 Å². The molecule has 1 fully saturated rings. The van der Waals surface area contributed by atoms with Crippen molar-refractivity contribution in [3.8, 4) is 0 Å². The third kappa shape index (κ3) is 3.05. The van der Waals surface area contributed by atoms with E-state index in [4.69, 9.17) is 0 Å². The van der Waals surface area contributed by atoms with Crippen LogP contribution in [-0.2, 0) is 12.1 Å². The van der Waals surface area contributed by atoms with Crippen LogP contribution in [0.4, 0.5) is 0 Å². The highest BCUT2D eigenvalue weighted by atomic mass is 15.6. The average molecular weight is 254 g/mol. The lowest BCUT2D eigenvalue weighted by Crippen LogP contribution is -3.27. The molecule has 0 spiro atoms. The first-order chi connectivity index (χ1) is 8.50. The second-order valence-corrected chi connectivity index (χ2v) is 6.21. The van der Waals surface area contributed by atoms with Crippen molar-refractivity contribution in [2.24, 2.45) is 0 Å². The molecule has 18 heavy (non-hydrogen) atoms. The molecule has 0 aromatic carbocycles. The monoisotopic (exact) mass is 254 g/mol. The largest absolute Gasteiger partial charge is 0.326 e. The van der Waals surface area contributed by atoms with E-state index < -0.39 is 0 Å². The summed E-state index contributed by atoms with van der Waals surface area (Å²) in [5, 5.41) is 12.1. The second-order valence-electron chi connectivity index (χ2n) is 6.21. The van der Waals surface area contributed by atoms with E-state index in [9.17, 15) is 0 Å². The van der Waals surface area contributed by atoms with Crippen molar-refractivity contribution < 1.29 is 9.80 Å². The van der Waals surface area contributed by atoms with Crippen molar-refractivity contribution in [1.29, 1.82) is 0 Å². The van der Waals surface area contributed by atoms with Gasteiger partial charge in [0.15, 0.2) is 0 Å². The van der Waals surface area contributed by atoms with Crippen LogP contribution in [0.15, 0.2) is 0 Å². The fourth-order valence-electron chi connectivity index (χ4n) is 2.55. The minimum Gasteiger partial charge on any atom is -0.326 e. The molecule has 1 saturated heterocycles. The maximum absolute atomic E-state index is 4.19. The Morgan fingerprint density at radius 3 is 2.28 bits per heavy atom. The molecule has 2 heterocycles. The zero-order valence-corrected chi connectivity index (χ0v) is 12.0. The van der Waals surface area contributed by atoms with Crippen molar-refractivity contribution in [2.75, 3.05) is 32.7 Å². The molecule has 0 unspecified atom stereocenters. The predicted octanol–water partition coefficient (Wildman–Crippen LogP) is -2.27. The number of quaternary nitrogens is 2. The Hall–Kier alpha value is -1.01. The minimum atomic E-state index is -0.0330. The highest BCUT2D eigenvalue weighted by Crippen LogP contribution is 2.12. The first kappa shape index (κ1) is 13.4. The van der Waals surface area contributed by atoms with E-state index in [1.807, 2.05) is 4.68 Å². The average Bonchev–Trinajstić information content (AvgIpc) is 2.78. The fourth-order valence-corrected chi connectivity index (χ4v) is 2.55. The van der Waals surface area contributed by atoms with E-state index in [1.54, 1.807) is 9.80 Å². The van der Waals surface area contributed by atoms with E-state index in [1.165, 1.54) is 32.7 Å². The van der Waals surface area contributed by atoms with Crippen LogP contribution in [-0.4, -0.2) is 52.9 Å². The minimum absolute atomic E-state index is 0.0330. The molecule has 0 saturated carbocycles. The summed E-state index contributed by atoms with van der Waals surface area (Å²) < 4.78 is 1.96. The number of hydrogen-bond acceptors (Lipinski definition) is 3. The van der Waals surface area contributed by atoms with Gasteiger partial charge in [-0.1, -0.05) is 0 Å². The molecule has 1 aromatic heterocycles. The van der Waals surface area contributed by atoms with Crippen molar-refractivity contribution in [3.05, 3.63) is 5.82 Å². The Balaban J connectivity index is 1.97. The molecule has 0 atom stereocenters. The standard InChI is InChI=1S/C12H24N6/c1-5-16-6-8-17(9-7-16)10-11-13-14-15-18(11)12(2,3)4/h5-10H2,1-4H3/p+2. The third-order valence-electron chi connectivity index (χ3n) is 3.74. The number of rotatable bonds is 3. The molecule has 0 bridgehead atoms. The van der Waals surface area contributed by atoms with Gasteiger partial charge < -0.3 is 9.80 Å². The molecule has 6 nitrogen and oxygen atoms in total. The summed E-state index contributed by atoms with van der Waals surface area (Å²) in [6.07, 6.45) is 0. The van der Waals surface area contributed by atoms with Crippen molar-refractivity contribution in [1.82, 2.24) is 20.2 Å². The van der Waals surface area contributed by atoms with Gasteiger partial charge in [-0.25, -0.2) is 4.68 Å². The molecular formula is C12H26N6+2. The van der Waals surface area contributed by atoms with E-state index >= 15 is 0 Å². The van der Waals surface area contributed by atoms with Gasteiger partial charge >= 0.3 is 0 Å². The number of likely N-dealkylation sites (N-methyl/N-ethyl adjacent to an activating group) is 1. The van der Waals surface area contributed by atoms with Crippen LogP contribution >= 0.6 is 0 Å². The molecule has 102 valence electrons. The summed E-state index contributed by atoms with van der Waals surface area (Å²) in [4.78, 5) is 3.32. The molecule has 1 aliphatic heterocycles. The molecule has 0 radical (unpaired) electrons. The summed E-state index contributed by atoms with van der Waals surface area (Å²) in [6, 6.07) is 0. The Labute approximate surface area is 109 Å². The summed E-state index contributed by atoms with van der Waals surface area (Å²) in [7, 11) is 0. The number of piperazine rings is 1. The molecule has 0 amide bonds. The fraction of sp³-hybridized carbons (Fsp3) is 0.917. The van der Waals surface area contributed by atoms with Crippen molar-refractivity contribution in [3.63, 3.8) is 0 Å². The smallest absolute Gasteiger partial charge is 0.206 e. The quantitative estimate of drug-likeness (QED) is 0.640. The number of aromatic nitrogens is 4. The number of hydrogen-bond donors (Lipinski definition) is 2. The predicted molar refractivity (Wildman–Crippen MR) is 68.5 cm³/mol. The maximum atomic E-state index is 4.19. The van der Waals surface area contributed by atoms with Gasteiger partial charge in [-0.15, -0.1) is 5.10 Å². The van der Waals surface area contributed by atoms with Crippen LogP contribution in [0.5, 0.6) is 0 Å². The molecule has 1 aromatic rings. The van der Waals surface area contributed by atoms with Gasteiger partial charge in [0, 0.05) is 0 Å².